The summed E-state index contributed by atoms with van der Waals surface area (Å²) in [5.74, 6) is 0.475. The van der Waals surface area contributed by atoms with Gasteiger partial charge in [0.2, 0.25) is 0 Å². The Morgan fingerprint density at radius 1 is 1.67 bits per heavy atom. The van der Waals surface area contributed by atoms with Crippen molar-refractivity contribution in [3.05, 3.63) is 12.7 Å². The van der Waals surface area contributed by atoms with E-state index < -0.39 is 0 Å². The first kappa shape index (κ1) is 8.86. The molecule has 0 radical (unpaired) electrons. The summed E-state index contributed by atoms with van der Waals surface area (Å²) in [7, 11) is 0. The Hall–Kier alpha value is -0.136. The Morgan fingerprint density at radius 2 is 2.22 bits per heavy atom. The van der Waals surface area contributed by atoms with E-state index in [2.05, 4.69) is 42.4 Å². The van der Waals surface area contributed by atoms with Gasteiger partial charge < -0.3 is 0 Å². The van der Waals surface area contributed by atoms with Crippen LogP contribution in [0.15, 0.2) is 17.6 Å². The summed E-state index contributed by atoms with van der Waals surface area (Å²) in [4.78, 5) is 5.81. The maximum absolute atomic E-state index is 4.09. The zero-order valence-corrected chi connectivity index (χ0v) is 7.23. The quantitative estimate of drug-likeness (QED) is 0.556. The van der Waals surface area contributed by atoms with Crippen LogP contribution < -0.4 is 0 Å². The molecule has 0 bridgehead atoms. The van der Waals surface area contributed by atoms with Gasteiger partial charge in [-0.15, -0.1) is 0 Å². The van der Waals surface area contributed by atoms with Crippen molar-refractivity contribution in [3.63, 3.8) is 0 Å². The molecule has 0 aliphatic carbocycles. The first-order chi connectivity index (χ1) is 4.22. The van der Waals surface area contributed by atoms with Crippen LogP contribution in [-0.2, 0) is 17.0 Å². The Kier molecular flexibility index (Phi) is 4.64. The van der Waals surface area contributed by atoms with E-state index in [1.54, 1.807) is 10.9 Å². The van der Waals surface area contributed by atoms with Gasteiger partial charge in [0.1, 0.15) is 0 Å². The van der Waals surface area contributed by atoms with Crippen molar-refractivity contribution in [2.45, 2.75) is 13.8 Å². The summed E-state index contributed by atoms with van der Waals surface area (Å²) < 4.78 is 0. The second-order valence-electron chi connectivity index (χ2n) is 2.03. The minimum atomic E-state index is 0.475. The van der Waals surface area contributed by atoms with Gasteiger partial charge >= 0.3 is 65.0 Å². The second-order valence-corrected chi connectivity index (χ2v) is 2.39. The predicted molar refractivity (Wildman–Crippen MR) is 38.5 cm³/mol. The molecule has 0 aromatic carbocycles. The molecule has 0 spiro atoms. The standard InChI is InChI=1S/C7H11N.V/c1-5-7(8-4)6(2)3;/h4-6H,1H2,2-3H3;. The van der Waals surface area contributed by atoms with Crippen LogP contribution in [-0.4, -0.2) is 10.6 Å². The van der Waals surface area contributed by atoms with Crippen molar-refractivity contribution in [3.8, 4) is 0 Å². The topological polar surface area (TPSA) is 12.4 Å². The molecule has 0 rings (SSSR count). The van der Waals surface area contributed by atoms with E-state index >= 15 is 0 Å². The van der Waals surface area contributed by atoms with Crippen LogP contribution in [0.25, 0.3) is 0 Å². The van der Waals surface area contributed by atoms with Crippen LogP contribution >= 0.6 is 0 Å². The fraction of sp³-hybridized carbons (Fsp3) is 0.429. The van der Waals surface area contributed by atoms with E-state index in [0.717, 1.165) is 5.71 Å². The number of allylic oxidation sites excluding steroid dienone is 1. The molecule has 0 aliphatic heterocycles. The summed E-state index contributed by atoms with van der Waals surface area (Å²) in [5, 5.41) is 0. The molecule has 0 aromatic heterocycles. The van der Waals surface area contributed by atoms with Crippen molar-refractivity contribution >= 4 is 10.6 Å². The Bertz CT molecular complexity index is 136. The SMILES string of the molecule is C=CC(=N[CH]=[V])C(C)C. The van der Waals surface area contributed by atoms with Crippen molar-refractivity contribution in [2.75, 3.05) is 0 Å². The fourth-order valence-corrected chi connectivity index (χ4v) is 0.712. The predicted octanol–water partition coefficient (Wildman–Crippen LogP) is 1.58. The average Bonchev–Trinajstić information content (AvgIpc) is 1.82. The van der Waals surface area contributed by atoms with Gasteiger partial charge in [-0.25, -0.2) is 0 Å². The fourth-order valence-electron chi connectivity index (χ4n) is 0.504. The zero-order valence-electron chi connectivity index (χ0n) is 5.83. The van der Waals surface area contributed by atoms with Gasteiger partial charge in [0, 0.05) is 0 Å². The van der Waals surface area contributed by atoms with Crippen LogP contribution in [0.2, 0.25) is 0 Å². The summed E-state index contributed by atoms with van der Waals surface area (Å²) >= 11 is 2.31. The van der Waals surface area contributed by atoms with Crippen LogP contribution in [0.4, 0.5) is 0 Å². The molecule has 49 valence electrons. The number of hydrogen-bond donors (Lipinski definition) is 0. The molecular formula is C7H11NV. The monoisotopic (exact) mass is 160 g/mol. The molecule has 0 atom stereocenters. The van der Waals surface area contributed by atoms with Crippen LogP contribution in [0.1, 0.15) is 13.8 Å². The number of aliphatic imine (C=N–C) groups is 1. The molecule has 9 heavy (non-hydrogen) atoms. The van der Waals surface area contributed by atoms with Gasteiger partial charge in [0.25, 0.3) is 0 Å². The Labute approximate surface area is 65.4 Å². The molecule has 0 N–H and O–H groups in total. The normalized spacial score (nSPS) is 11.6. The van der Waals surface area contributed by atoms with E-state index in [9.17, 15) is 0 Å². The molecule has 0 fully saturated rings. The molecule has 0 unspecified atom stereocenters. The van der Waals surface area contributed by atoms with E-state index in [-0.39, 0.29) is 0 Å². The number of rotatable bonds is 3. The summed E-state index contributed by atoms with van der Waals surface area (Å²) in [6.45, 7) is 7.83. The molecule has 0 saturated carbocycles. The molecule has 0 aliphatic rings. The van der Waals surface area contributed by atoms with E-state index in [4.69, 9.17) is 0 Å². The van der Waals surface area contributed by atoms with Gasteiger partial charge in [0.15, 0.2) is 0 Å². The molecule has 2 heteroatoms. The first-order valence-electron chi connectivity index (χ1n) is 2.88. The zero-order chi connectivity index (χ0) is 7.28. The molecule has 0 amide bonds. The third-order valence-electron chi connectivity index (χ3n) is 1.01. The minimum absolute atomic E-state index is 0.475. The van der Waals surface area contributed by atoms with Crippen molar-refractivity contribution in [1.29, 1.82) is 0 Å². The third kappa shape index (κ3) is 3.44. The van der Waals surface area contributed by atoms with Gasteiger partial charge in [-0.2, -0.15) is 0 Å². The second kappa shape index (κ2) is 4.72. The first-order valence-corrected chi connectivity index (χ1v) is 3.69. The van der Waals surface area contributed by atoms with Crippen molar-refractivity contribution in [2.24, 2.45) is 10.9 Å². The van der Waals surface area contributed by atoms with Crippen molar-refractivity contribution < 1.29 is 17.0 Å². The summed E-state index contributed by atoms with van der Waals surface area (Å²) in [5.41, 5.74) is 1.04. The van der Waals surface area contributed by atoms with E-state index in [0.29, 0.717) is 5.92 Å². The maximum atomic E-state index is 4.09. The molecule has 0 saturated heterocycles. The third-order valence-corrected chi connectivity index (χ3v) is 1.19. The summed E-state index contributed by atoms with van der Waals surface area (Å²) in [6, 6.07) is 0. The van der Waals surface area contributed by atoms with Crippen LogP contribution in [0, 0.1) is 5.92 Å². The molecule has 0 aromatic rings. The molecule has 0 heterocycles. The van der Waals surface area contributed by atoms with Crippen LogP contribution in [0.5, 0.6) is 0 Å². The van der Waals surface area contributed by atoms with Gasteiger partial charge in [-0.3, -0.25) is 0 Å². The van der Waals surface area contributed by atoms with Crippen molar-refractivity contribution in [1.82, 2.24) is 0 Å². The number of hydrogen-bond acceptors (Lipinski definition) is 1. The van der Waals surface area contributed by atoms with E-state index in [1.807, 2.05) is 0 Å². The molecular weight excluding hydrogens is 149 g/mol. The van der Waals surface area contributed by atoms with E-state index in [1.165, 1.54) is 0 Å². The van der Waals surface area contributed by atoms with Crippen LogP contribution in [0.3, 0.4) is 0 Å². The van der Waals surface area contributed by atoms with Gasteiger partial charge in [-0.05, 0) is 0 Å². The van der Waals surface area contributed by atoms with Gasteiger partial charge in [0.05, 0.1) is 0 Å². The average molecular weight is 160 g/mol. The summed E-state index contributed by atoms with van der Waals surface area (Å²) in [6.07, 6.45) is 1.79. The Morgan fingerprint density at radius 3 is 2.33 bits per heavy atom. The number of nitrogens with zero attached hydrogens (tertiary/aromatic N) is 1. The molecule has 1 nitrogen and oxygen atoms in total. The van der Waals surface area contributed by atoms with Gasteiger partial charge in [-0.1, -0.05) is 0 Å². The Balaban J connectivity index is 4.13.